The molecular weight excluding hydrogens is 285 g/mol. The van der Waals surface area contributed by atoms with Gasteiger partial charge in [0, 0.05) is 5.02 Å². The van der Waals surface area contributed by atoms with Gasteiger partial charge in [0.1, 0.15) is 0 Å². The maximum atomic E-state index is 11.4. The van der Waals surface area contributed by atoms with Crippen LogP contribution in [0.5, 0.6) is 0 Å². The second kappa shape index (κ2) is 4.35. The van der Waals surface area contributed by atoms with Crippen molar-refractivity contribution < 1.29 is 9.90 Å². The maximum Gasteiger partial charge on any atom is 0.349 e. The highest BCUT2D eigenvalue weighted by atomic mass is 35.5. The first-order chi connectivity index (χ1) is 8.41. The van der Waals surface area contributed by atoms with Crippen molar-refractivity contribution in [3.05, 3.63) is 48.7 Å². The van der Waals surface area contributed by atoms with E-state index in [4.69, 9.17) is 28.3 Å². The lowest BCUT2D eigenvalue weighted by Crippen LogP contribution is -2.27. The fraction of sp³-hybridized carbons (Fsp3) is 0. The second-order valence-corrected chi connectivity index (χ2v) is 4.13. The van der Waals surface area contributed by atoms with Gasteiger partial charge in [0.2, 0.25) is 0 Å². The SMILES string of the molecule is O=C(O)c1cc(Cl)cc(Cl)c1-n1c(=O)[nH][nH]c1=O. The van der Waals surface area contributed by atoms with Crippen molar-refractivity contribution >= 4 is 29.2 Å². The summed E-state index contributed by atoms with van der Waals surface area (Å²) in [5.74, 6) is -1.36. The molecule has 2 rings (SSSR count). The van der Waals surface area contributed by atoms with E-state index in [-0.39, 0.29) is 21.3 Å². The predicted octanol–water partition coefficient (Wildman–Crippen LogP) is 0.859. The van der Waals surface area contributed by atoms with Crippen molar-refractivity contribution in [2.24, 2.45) is 0 Å². The van der Waals surface area contributed by atoms with Crippen LogP contribution in [0, 0.1) is 0 Å². The van der Waals surface area contributed by atoms with Gasteiger partial charge in [0.05, 0.1) is 16.3 Å². The van der Waals surface area contributed by atoms with E-state index in [1.807, 2.05) is 10.2 Å². The minimum absolute atomic E-state index is 0.0844. The summed E-state index contributed by atoms with van der Waals surface area (Å²) in [4.78, 5) is 34.0. The minimum atomic E-state index is -1.36. The molecule has 9 heteroatoms. The van der Waals surface area contributed by atoms with Crippen LogP contribution in [0.25, 0.3) is 5.69 Å². The number of benzene rings is 1. The smallest absolute Gasteiger partial charge is 0.349 e. The second-order valence-electron chi connectivity index (χ2n) is 3.28. The number of carboxylic acids is 1. The number of aromatic nitrogens is 3. The van der Waals surface area contributed by atoms with Crippen molar-refractivity contribution in [3.63, 3.8) is 0 Å². The Morgan fingerprint density at radius 1 is 1.17 bits per heavy atom. The molecule has 0 atom stereocenters. The molecular formula is C9H5Cl2N3O4. The lowest BCUT2D eigenvalue weighted by molar-refractivity contribution is 0.0697. The van der Waals surface area contributed by atoms with Crippen molar-refractivity contribution in [1.82, 2.24) is 14.8 Å². The molecule has 0 aliphatic heterocycles. The fourth-order valence-electron chi connectivity index (χ4n) is 1.47. The molecule has 3 N–H and O–H groups in total. The Bertz CT molecular complexity index is 716. The fourth-order valence-corrected chi connectivity index (χ4v) is 2.05. The van der Waals surface area contributed by atoms with E-state index in [1.54, 1.807) is 0 Å². The molecule has 94 valence electrons. The van der Waals surface area contributed by atoms with Gasteiger partial charge in [0.25, 0.3) is 0 Å². The third-order valence-corrected chi connectivity index (χ3v) is 2.67. The summed E-state index contributed by atoms with van der Waals surface area (Å²) in [6.45, 7) is 0. The van der Waals surface area contributed by atoms with Gasteiger partial charge in [-0.25, -0.2) is 29.1 Å². The van der Waals surface area contributed by atoms with E-state index >= 15 is 0 Å². The van der Waals surface area contributed by atoms with Crippen LogP contribution in [-0.4, -0.2) is 25.8 Å². The van der Waals surface area contributed by atoms with Crippen molar-refractivity contribution in [1.29, 1.82) is 0 Å². The monoisotopic (exact) mass is 289 g/mol. The molecule has 0 fully saturated rings. The number of H-pyrrole nitrogens is 2. The van der Waals surface area contributed by atoms with Crippen LogP contribution in [0.4, 0.5) is 0 Å². The number of aromatic carboxylic acids is 1. The lowest BCUT2D eigenvalue weighted by Gasteiger charge is -2.07. The zero-order chi connectivity index (χ0) is 13.4. The number of nitrogens with one attached hydrogen (secondary N) is 2. The molecule has 1 heterocycles. The first-order valence-electron chi connectivity index (χ1n) is 4.54. The number of hydrogen-bond acceptors (Lipinski definition) is 3. The summed E-state index contributed by atoms with van der Waals surface area (Å²) in [6, 6.07) is 2.34. The zero-order valence-corrected chi connectivity index (χ0v) is 10.0. The quantitative estimate of drug-likeness (QED) is 0.762. The number of carbonyl (C=O) groups is 1. The van der Waals surface area contributed by atoms with Gasteiger partial charge < -0.3 is 5.11 Å². The predicted molar refractivity (Wildman–Crippen MR) is 64.0 cm³/mol. The van der Waals surface area contributed by atoms with Gasteiger partial charge >= 0.3 is 17.3 Å². The topological polar surface area (TPSA) is 108 Å². The lowest BCUT2D eigenvalue weighted by atomic mass is 10.1. The molecule has 1 aromatic carbocycles. The molecule has 0 radical (unpaired) electrons. The van der Waals surface area contributed by atoms with Crippen molar-refractivity contribution in [2.45, 2.75) is 0 Å². The summed E-state index contributed by atoms with van der Waals surface area (Å²) in [5.41, 5.74) is -2.24. The van der Waals surface area contributed by atoms with Gasteiger partial charge in [-0.15, -0.1) is 0 Å². The molecule has 0 unspecified atom stereocenters. The molecule has 18 heavy (non-hydrogen) atoms. The van der Waals surface area contributed by atoms with Crippen LogP contribution >= 0.6 is 23.2 Å². The molecule has 0 spiro atoms. The number of carboxylic acid groups (broad SMARTS) is 1. The summed E-state index contributed by atoms with van der Waals surface area (Å²) >= 11 is 11.5. The van der Waals surface area contributed by atoms with Crippen molar-refractivity contribution in [2.75, 3.05) is 0 Å². The van der Waals surface area contributed by atoms with Gasteiger partial charge in [-0.2, -0.15) is 0 Å². The van der Waals surface area contributed by atoms with E-state index in [2.05, 4.69) is 0 Å². The number of rotatable bonds is 2. The molecule has 0 aliphatic rings. The van der Waals surface area contributed by atoms with E-state index in [0.29, 0.717) is 4.57 Å². The van der Waals surface area contributed by atoms with Crippen LogP contribution in [0.15, 0.2) is 21.7 Å². The summed E-state index contributed by atoms with van der Waals surface area (Å²) in [7, 11) is 0. The molecule has 0 saturated carbocycles. The molecule has 1 aromatic heterocycles. The number of halogens is 2. The number of hydrogen-bond donors (Lipinski definition) is 3. The van der Waals surface area contributed by atoms with Crippen LogP contribution in [0.3, 0.4) is 0 Å². The summed E-state index contributed by atoms with van der Waals surface area (Å²) in [5, 5.41) is 13.1. The Morgan fingerprint density at radius 2 is 1.72 bits per heavy atom. The molecule has 7 nitrogen and oxygen atoms in total. The molecule has 2 aromatic rings. The normalized spacial score (nSPS) is 10.6. The minimum Gasteiger partial charge on any atom is -0.478 e. The first kappa shape index (κ1) is 12.5. The Labute approximate surface area is 109 Å². The molecule has 0 bridgehead atoms. The maximum absolute atomic E-state index is 11.4. The Morgan fingerprint density at radius 3 is 2.22 bits per heavy atom. The van der Waals surface area contributed by atoms with Crippen LogP contribution < -0.4 is 11.4 Å². The van der Waals surface area contributed by atoms with Crippen LogP contribution in [-0.2, 0) is 0 Å². The molecule has 0 saturated heterocycles. The van der Waals surface area contributed by atoms with Crippen molar-refractivity contribution in [3.8, 4) is 5.69 Å². The van der Waals surface area contributed by atoms with Gasteiger partial charge in [-0.3, -0.25) is 0 Å². The average Bonchev–Trinajstić information content (AvgIpc) is 2.58. The average molecular weight is 290 g/mol. The third-order valence-electron chi connectivity index (χ3n) is 2.16. The van der Waals surface area contributed by atoms with E-state index < -0.39 is 17.3 Å². The largest absolute Gasteiger partial charge is 0.478 e. The first-order valence-corrected chi connectivity index (χ1v) is 5.30. The highest BCUT2D eigenvalue weighted by molar-refractivity contribution is 6.36. The van der Waals surface area contributed by atoms with E-state index in [9.17, 15) is 14.4 Å². The molecule has 0 aliphatic carbocycles. The summed E-state index contributed by atoms with van der Waals surface area (Å²) in [6.07, 6.45) is 0. The van der Waals surface area contributed by atoms with E-state index in [0.717, 1.165) is 6.07 Å². The van der Waals surface area contributed by atoms with Gasteiger partial charge in [-0.05, 0) is 12.1 Å². The Kier molecular flexibility index (Phi) is 3.02. The van der Waals surface area contributed by atoms with Crippen LogP contribution in [0.1, 0.15) is 10.4 Å². The number of aromatic amines is 2. The Balaban J connectivity index is 2.91. The standard InChI is InChI=1S/C9H5Cl2N3O4/c10-3-1-4(7(15)16)6(5(11)2-3)14-8(17)12-13-9(14)18/h1-2H,(H,12,17)(H,13,18)(H,15,16). The highest BCUT2D eigenvalue weighted by Gasteiger charge is 2.20. The highest BCUT2D eigenvalue weighted by Crippen LogP contribution is 2.27. The third kappa shape index (κ3) is 1.93. The molecule has 0 amide bonds. The Hall–Kier alpha value is -1.99. The van der Waals surface area contributed by atoms with Gasteiger partial charge in [-0.1, -0.05) is 23.2 Å². The van der Waals surface area contributed by atoms with Crippen LogP contribution in [0.2, 0.25) is 10.0 Å². The zero-order valence-electron chi connectivity index (χ0n) is 8.53. The number of nitrogens with zero attached hydrogens (tertiary/aromatic N) is 1. The van der Waals surface area contributed by atoms with Gasteiger partial charge in [0.15, 0.2) is 0 Å². The van der Waals surface area contributed by atoms with E-state index in [1.165, 1.54) is 6.07 Å². The summed E-state index contributed by atoms with van der Waals surface area (Å²) < 4.78 is 0.585.